The minimum Gasteiger partial charge on any atom is -0.317 e. The minimum atomic E-state index is 0.678. The van der Waals surface area contributed by atoms with Crippen LogP contribution in [0.1, 0.15) is 22.8 Å². The fourth-order valence-electron chi connectivity index (χ4n) is 1.62. The molecule has 5 heteroatoms. The Balaban J connectivity index is 1.88. The molecule has 0 saturated carbocycles. The van der Waals surface area contributed by atoms with E-state index >= 15 is 0 Å². The summed E-state index contributed by atoms with van der Waals surface area (Å²) in [5.74, 6) is 1.83. The lowest BCUT2D eigenvalue weighted by atomic mass is 10.1. The van der Waals surface area contributed by atoms with Crippen LogP contribution in [-0.4, -0.2) is 14.8 Å². The number of hydrogen-bond acceptors (Lipinski definition) is 4. The Kier molecular flexibility index (Phi) is 3.70. The summed E-state index contributed by atoms with van der Waals surface area (Å²) in [4.78, 5) is 0. The van der Waals surface area contributed by atoms with E-state index in [1.807, 2.05) is 42.8 Å². The van der Waals surface area contributed by atoms with Crippen molar-refractivity contribution in [1.29, 1.82) is 5.26 Å². The summed E-state index contributed by atoms with van der Waals surface area (Å²) in [6.45, 7) is 3.35. The summed E-state index contributed by atoms with van der Waals surface area (Å²) in [6, 6.07) is 9.65. The van der Waals surface area contributed by atoms with E-state index in [9.17, 15) is 0 Å². The van der Waals surface area contributed by atoms with Crippen LogP contribution in [-0.2, 0) is 20.1 Å². The fraction of sp³-hybridized carbons (Fsp3) is 0.308. The van der Waals surface area contributed by atoms with E-state index in [0.717, 1.165) is 23.8 Å². The number of aryl methyl sites for hydroxylation is 1. The quantitative estimate of drug-likeness (QED) is 0.875. The highest BCUT2D eigenvalue weighted by atomic mass is 15.3. The molecule has 0 fully saturated rings. The molecule has 1 heterocycles. The third-order valence-corrected chi connectivity index (χ3v) is 2.88. The van der Waals surface area contributed by atoms with Crippen LogP contribution < -0.4 is 5.32 Å². The topological polar surface area (TPSA) is 66.5 Å². The number of nitriles is 1. The Morgan fingerprint density at radius 2 is 1.94 bits per heavy atom. The smallest absolute Gasteiger partial charge is 0.146 e. The van der Waals surface area contributed by atoms with Gasteiger partial charge in [-0.1, -0.05) is 12.1 Å². The zero-order valence-electron chi connectivity index (χ0n) is 10.5. The summed E-state index contributed by atoms with van der Waals surface area (Å²) in [5.41, 5.74) is 1.83. The molecule has 2 rings (SSSR count). The van der Waals surface area contributed by atoms with Crippen molar-refractivity contribution >= 4 is 0 Å². The van der Waals surface area contributed by atoms with Crippen molar-refractivity contribution in [3.8, 4) is 6.07 Å². The highest BCUT2D eigenvalue weighted by molar-refractivity contribution is 5.31. The van der Waals surface area contributed by atoms with Gasteiger partial charge < -0.3 is 9.88 Å². The number of nitrogens with one attached hydrogen (secondary N) is 1. The largest absolute Gasteiger partial charge is 0.317 e. The van der Waals surface area contributed by atoms with Gasteiger partial charge in [0.2, 0.25) is 0 Å². The molecule has 0 bridgehead atoms. The lowest BCUT2D eigenvalue weighted by Gasteiger charge is -2.05. The second-order valence-corrected chi connectivity index (χ2v) is 4.13. The zero-order valence-corrected chi connectivity index (χ0v) is 10.5. The van der Waals surface area contributed by atoms with Crippen LogP contribution in [0.15, 0.2) is 24.3 Å². The first-order valence-corrected chi connectivity index (χ1v) is 5.75. The molecular formula is C13H15N5. The predicted octanol–water partition coefficient (Wildman–Crippen LogP) is 1.28. The van der Waals surface area contributed by atoms with Crippen LogP contribution in [0.3, 0.4) is 0 Å². The molecule has 1 aromatic heterocycles. The van der Waals surface area contributed by atoms with Crippen molar-refractivity contribution in [2.24, 2.45) is 7.05 Å². The van der Waals surface area contributed by atoms with Gasteiger partial charge >= 0.3 is 0 Å². The normalized spacial score (nSPS) is 10.3. The second kappa shape index (κ2) is 5.43. The first-order valence-electron chi connectivity index (χ1n) is 5.75. The molecule has 18 heavy (non-hydrogen) atoms. The van der Waals surface area contributed by atoms with Crippen molar-refractivity contribution in [1.82, 2.24) is 20.1 Å². The van der Waals surface area contributed by atoms with Gasteiger partial charge in [0, 0.05) is 13.6 Å². The molecule has 1 N–H and O–H groups in total. The number of aromatic nitrogens is 3. The van der Waals surface area contributed by atoms with E-state index in [1.165, 1.54) is 0 Å². The zero-order chi connectivity index (χ0) is 13.0. The Morgan fingerprint density at radius 3 is 2.50 bits per heavy atom. The lowest BCUT2D eigenvalue weighted by Crippen LogP contribution is -2.16. The molecule has 2 aromatic rings. The van der Waals surface area contributed by atoms with Crippen molar-refractivity contribution in [2.75, 3.05) is 0 Å². The van der Waals surface area contributed by atoms with Crippen molar-refractivity contribution in [3.05, 3.63) is 47.0 Å². The molecule has 0 saturated heterocycles. The van der Waals surface area contributed by atoms with Gasteiger partial charge in [0.05, 0.1) is 18.2 Å². The summed E-state index contributed by atoms with van der Waals surface area (Å²) < 4.78 is 1.96. The Labute approximate surface area is 106 Å². The standard InChI is InChI=1S/C13H15N5/c1-10-16-17-13(18(10)2)9-15-8-12-5-3-11(7-14)4-6-12/h3-6,15H,8-9H2,1-2H3. The second-order valence-electron chi connectivity index (χ2n) is 4.13. The highest BCUT2D eigenvalue weighted by Crippen LogP contribution is 2.03. The van der Waals surface area contributed by atoms with Crippen LogP contribution in [0.4, 0.5) is 0 Å². The van der Waals surface area contributed by atoms with Crippen LogP contribution in [0.2, 0.25) is 0 Å². The van der Waals surface area contributed by atoms with E-state index in [0.29, 0.717) is 12.1 Å². The summed E-state index contributed by atoms with van der Waals surface area (Å²) in [5, 5.41) is 20.1. The van der Waals surface area contributed by atoms with E-state index in [4.69, 9.17) is 5.26 Å². The van der Waals surface area contributed by atoms with Crippen LogP contribution in [0, 0.1) is 18.3 Å². The third kappa shape index (κ3) is 2.73. The van der Waals surface area contributed by atoms with Crippen molar-refractivity contribution in [3.63, 3.8) is 0 Å². The van der Waals surface area contributed by atoms with Gasteiger partial charge in [-0.25, -0.2) is 0 Å². The van der Waals surface area contributed by atoms with Gasteiger partial charge in [-0.05, 0) is 24.6 Å². The Hall–Kier alpha value is -2.19. The van der Waals surface area contributed by atoms with Gasteiger partial charge in [-0.3, -0.25) is 0 Å². The first kappa shape index (κ1) is 12.3. The fourth-order valence-corrected chi connectivity index (χ4v) is 1.62. The maximum Gasteiger partial charge on any atom is 0.146 e. The summed E-state index contributed by atoms with van der Waals surface area (Å²) in [7, 11) is 1.95. The molecule has 92 valence electrons. The van der Waals surface area contributed by atoms with Gasteiger partial charge in [0.1, 0.15) is 11.6 Å². The molecule has 0 aliphatic carbocycles. The van der Waals surface area contributed by atoms with E-state index in [1.54, 1.807) is 0 Å². The van der Waals surface area contributed by atoms with E-state index in [2.05, 4.69) is 21.6 Å². The molecule has 0 radical (unpaired) electrons. The maximum atomic E-state index is 8.70. The molecule has 0 unspecified atom stereocenters. The average Bonchev–Trinajstić information content (AvgIpc) is 2.71. The third-order valence-electron chi connectivity index (χ3n) is 2.88. The molecule has 0 atom stereocenters. The van der Waals surface area contributed by atoms with Crippen molar-refractivity contribution in [2.45, 2.75) is 20.0 Å². The van der Waals surface area contributed by atoms with Gasteiger partial charge in [-0.2, -0.15) is 5.26 Å². The Bertz CT molecular complexity index is 562. The maximum absolute atomic E-state index is 8.70. The highest BCUT2D eigenvalue weighted by Gasteiger charge is 2.03. The molecule has 0 aliphatic rings. The monoisotopic (exact) mass is 241 g/mol. The van der Waals surface area contributed by atoms with E-state index < -0.39 is 0 Å². The van der Waals surface area contributed by atoms with Crippen LogP contribution >= 0.6 is 0 Å². The van der Waals surface area contributed by atoms with Crippen molar-refractivity contribution < 1.29 is 0 Å². The molecule has 5 nitrogen and oxygen atoms in total. The number of nitrogens with zero attached hydrogens (tertiary/aromatic N) is 4. The lowest BCUT2D eigenvalue weighted by molar-refractivity contribution is 0.634. The average molecular weight is 241 g/mol. The Morgan fingerprint density at radius 1 is 1.22 bits per heavy atom. The van der Waals surface area contributed by atoms with E-state index in [-0.39, 0.29) is 0 Å². The first-order chi connectivity index (χ1) is 8.70. The molecule has 1 aromatic carbocycles. The number of rotatable bonds is 4. The summed E-state index contributed by atoms with van der Waals surface area (Å²) in [6.07, 6.45) is 0. The molecule has 0 spiro atoms. The summed E-state index contributed by atoms with van der Waals surface area (Å²) >= 11 is 0. The predicted molar refractivity (Wildman–Crippen MR) is 67.4 cm³/mol. The van der Waals surface area contributed by atoms with Gasteiger partial charge in [-0.15, -0.1) is 10.2 Å². The van der Waals surface area contributed by atoms with Gasteiger partial charge in [0.15, 0.2) is 0 Å². The number of hydrogen-bond donors (Lipinski definition) is 1. The minimum absolute atomic E-state index is 0.678. The SMILES string of the molecule is Cc1nnc(CNCc2ccc(C#N)cc2)n1C. The number of benzene rings is 1. The van der Waals surface area contributed by atoms with Crippen LogP contribution in [0.5, 0.6) is 0 Å². The molecular weight excluding hydrogens is 226 g/mol. The van der Waals surface area contributed by atoms with Gasteiger partial charge in [0.25, 0.3) is 0 Å². The van der Waals surface area contributed by atoms with Crippen LogP contribution in [0.25, 0.3) is 0 Å². The molecule has 0 aliphatic heterocycles. The molecule has 0 amide bonds.